The summed E-state index contributed by atoms with van der Waals surface area (Å²) in [5.74, 6) is 1.53. The molecule has 0 fully saturated rings. The van der Waals surface area contributed by atoms with Crippen molar-refractivity contribution in [3.8, 4) is 11.5 Å². The fourth-order valence-electron chi connectivity index (χ4n) is 1.62. The summed E-state index contributed by atoms with van der Waals surface area (Å²) in [7, 11) is 3.23. The molecule has 4 heteroatoms. The third-order valence-corrected chi connectivity index (χ3v) is 2.59. The zero-order valence-electron chi connectivity index (χ0n) is 10.1. The molecule has 0 bridgehead atoms. The minimum atomic E-state index is 0.252. The van der Waals surface area contributed by atoms with Gasteiger partial charge in [-0.1, -0.05) is 0 Å². The molecular weight excluding hydrogens is 206 g/mol. The van der Waals surface area contributed by atoms with Crippen LogP contribution in [0.2, 0.25) is 0 Å². The van der Waals surface area contributed by atoms with Crippen LogP contribution < -0.4 is 14.8 Å². The highest BCUT2D eigenvalue weighted by atomic mass is 16.5. The summed E-state index contributed by atoms with van der Waals surface area (Å²) in [5.41, 5.74) is 2.82. The molecule has 88 valence electrons. The van der Waals surface area contributed by atoms with Gasteiger partial charge in [0, 0.05) is 6.07 Å². The molecule has 4 nitrogen and oxygen atoms in total. The van der Waals surface area contributed by atoms with Crippen molar-refractivity contribution in [2.75, 3.05) is 26.1 Å². The van der Waals surface area contributed by atoms with Crippen LogP contribution in [0.5, 0.6) is 11.5 Å². The maximum atomic E-state index is 10.3. The van der Waals surface area contributed by atoms with E-state index >= 15 is 0 Å². The normalized spacial score (nSPS) is 9.75. The van der Waals surface area contributed by atoms with E-state index in [0.29, 0.717) is 0 Å². The predicted molar refractivity (Wildman–Crippen MR) is 63.6 cm³/mol. The number of hydrogen-bond donors (Lipinski definition) is 1. The smallest absolute Gasteiger partial charge is 0.145 e. The molecule has 0 aliphatic carbocycles. The first-order valence-electron chi connectivity index (χ1n) is 5.05. The topological polar surface area (TPSA) is 47.6 Å². The van der Waals surface area contributed by atoms with Crippen LogP contribution in [0.4, 0.5) is 5.69 Å². The fraction of sp³-hybridized carbons (Fsp3) is 0.417. The maximum Gasteiger partial charge on any atom is 0.145 e. The van der Waals surface area contributed by atoms with Gasteiger partial charge in [0.05, 0.1) is 26.5 Å². The van der Waals surface area contributed by atoms with Gasteiger partial charge in [-0.3, -0.25) is 0 Å². The van der Waals surface area contributed by atoms with Crippen molar-refractivity contribution in [3.05, 3.63) is 17.2 Å². The number of methoxy groups -OCH3 is 2. The van der Waals surface area contributed by atoms with Crippen LogP contribution in [-0.4, -0.2) is 27.1 Å². The summed E-state index contributed by atoms with van der Waals surface area (Å²) < 4.78 is 10.6. The first-order chi connectivity index (χ1) is 7.65. The lowest BCUT2D eigenvalue weighted by Crippen LogP contribution is -2.06. The second kappa shape index (κ2) is 5.39. The average Bonchev–Trinajstić information content (AvgIpc) is 2.30. The van der Waals surface area contributed by atoms with Crippen molar-refractivity contribution in [1.82, 2.24) is 0 Å². The van der Waals surface area contributed by atoms with Crippen LogP contribution in [0, 0.1) is 13.8 Å². The highest BCUT2D eigenvalue weighted by Crippen LogP contribution is 2.36. The lowest BCUT2D eigenvalue weighted by molar-refractivity contribution is -0.106. The minimum Gasteiger partial charge on any atom is -0.496 e. The van der Waals surface area contributed by atoms with E-state index in [2.05, 4.69) is 5.32 Å². The quantitative estimate of drug-likeness (QED) is 0.775. The number of anilines is 1. The van der Waals surface area contributed by atoms with E-state index in [9.17, 15) is 4.79 Å². The molecule has 0 aromatic heterocycles. The van der Waals surface area contributed by atoms with Gasteiger partial charge in [0.2, 0.25) is 0 Å². The first kappa shape index (κ1) is 12.4. The van der Waals surface area contributed by atoms with E-state index in [0.717, 1.165) is 34.6 Å². The van der Waals surface area contributed by atoms with Crippen LogP contribution in [0.25, 0.3) is 0 Å². The summed E-state index contributed by atoms with van der Waals surface area (Å²) >= 11 is 0. The largest absolute Gasteiger partial charge is 0.496 e. The van der Waals surface area contributed by atoms with E-state index in [1.54, 1.807) is 14.2 Å². The third-order valence-electron chi connectivity index (χ3n) is 2.59. The molecule has 0 amide bonds. The van der Waals surface area contributed by atoms with Crippen molar-refractivity contribution in [2.24, 2.45) is 0 Å². The van der Waals surface area contributed by atoms with E-state index < -0.39 is 0 Å². The zero-order valence-corrected chi connectivity index (χ0v) is 10.1. The lowest BCUT2D eigenvalue weighted by atomic mass is 10.1. The number of benzene rings is 1. The number of aldehydes is 1. The van der Waals surface area contributed by atoms with Crippen molar-refractivity contribution < 1.29 is 14.3 Å². The van der Waals surface area contributed by atoms with E-state index in [1.807, 2.05) is 19.9 Å². The van der Waals surface area contributed by atoms with Crippen molar-refractivity contribution >= 4 is 12.0 Å². The molecule has 16 heavy (non-hydrogen) atoms. The second-order valence-corrected chi connectivity index (χ2v) is 3.46. The second-order valence-electron chi connectivity index (χ2n) is 3.46. The summed E-state index contributed by atoms with van der Waals surface area (Å²) in [5, 5.41) is 2.98. The van der Waals surface area contributed by atoms with Gasteiger partial charge >= 0.3 is 0 Å². The van der Waals surface area contributed by atoms with Gasteiger partial charge in [-0.2, -0.15) is 0 Å². The van der Waals surface area contributed by atoms with Crippen molar-refractivity contribution in [3.63, 3.8) is 0 Å². The Morgan fingerprint density at radius 2 is 1.94 bits per heavy atom. The van der Waals surface area contributed by atoms with Crippen LogP contribution in [0.15, 0.2) is 6.07 Å². The summed E-state index contributed by atoms with van der Waals surface area (Å²) in [6.45, 7) is 4.19. The van der Waals surface area contributed by atoms with E-state index in [-0.39, 0.29) is 6.54 Å². The Bertz CT molecular complexity index is 388. The van der Waals surface area contributed by atoms with Gasteiger partial charge in [-0.15, -0.1) is 0 Å². The maximum absolute atomic E-state index is 10.3. The number of carbonyl (C=O) groups excluding carboxylic acids is 1. The van der Waals surface area contributed by atoms with Gasteiger partial charge in [-0.25, -0.2) is 0 Å². The molecule has 1 N–H and O–H groups in total. The molecule has 0 saturated heterocycles. The fourth-order valence-corrected chi connectivity index (χ4v) is 1.62. The van der Waals surface area contributed by atoms with Gasteiger partial charge in [0.1, 0.15) is 17.8 Å². The molecule has 1 aromatic rings. The zero-order chi connectivity index (χ0) is 12.1. The van der Waals surface area contributed by atoms with Crippen LogP contribution >= 0.6 is 0 Å². The van der Waals surface area contributed by atoms with Crippen LogP contribution in [-0.2, 0) is 4.79 Å². The Morgan fingerprint density at radius 3 is 2.44 bits per heavy atom. The first-order valence-corrected chi connectivity index (χ1v) is 5.05. The number of rotatable bonds is 5. The minimum absolute atomic E-state index is 0.252. The summed E-state index contributed by atoms with van der Waals surface area (Å²) in [6.07, 6.45) is 0.807. The predicted octanol–water partition coefficient (Wildman–Crippen LogP) is 1.93. The van der Waals surface area contributed by atoms with E-state index in [1.165, 1.54) is 0 Å². The molecule has 0 unspecified atom stereocenters. The Balaban J connectivity index is 3.23. The third kappa shape index (κ3) is 2.27. The molecule has 0 atom stereocenters. The summed E-state index contributed by atoms with van der Waals surface area (Å²) in [4.78, 5) is 10.3. The standard InChI is InChI=1S/C12H17NO3/c1-8-9(2)12(16-4)10(13-5-6-14)7-11(8)15-3/h6-7,13H,5H2,1-4H3. The lowest BCUT2D eigenvalue weighted by Gasteiger charge is -2.16. The van der Waals surface area contributed by atoms with Gasteiger partial charge in [0.25, 0.3) is 0 Å². The van der Waals surface area contributed by atoms with Gasteiger partial charge in [0.15, 0.2) is 0 Å². The monoisotopic (exact) mass is 223 g/mol. The number of ether oxygens (including phenoxy) is 2. The van der Waals surface area contributed by atoms with Crippen LogP contribution in [0.3, 0.4) is 0 Å². The van der Waals surface area contributed by atoms with E-state index in [4.69, 9.17) is 9.47 Å². The number of carbonyl (C=O) groups is 1. The van der Waals surface area contributed by atoms with Crippen molar-refractivity contribution in [1.29, 1.82) is 0 Å². The summed E-state index contributed by atoms with van der Waals surface area (Å²) in [6, 6.07) is 1.84. The highest BCUT2D eigenvalue weighted by molar-refractivity contribution is 5.69. The average molecular weight is 223 g/mol. The molecule has 0 radical (unpaired) electrons. The van der Waals surface area contributed by atoms with Gasteiger partial charge in [-0.05, 0) is 25.0 Å². The number of hydrogen-bond acceptors (Lipinski definition) is 4. The Kier molecular flexibility index (Phi) is 4.17. The molecule has 0 aliphatic rings. The highest BCUT2D eigenvalue weighted by Gasteiger charge is 2.13. The molecular formula is C12H17NO3. The molecule has 0 saturated carbocycles. The molecule has 0 aliphatic heterocycles. The SMILES string of the molecule is COc1cc(NCC=O)c(OC)c(C)c1C. The molecule has 0 heterocycles. The molecule has 1 aromatic carbocycles. The Hall–Kier alpha value is -1.71. The number of nitrogens with one attached hydrogen (secondary N) is 1. The molecule has 0 spiro atoms. The van der Waals surface area contributed by atoms with Crippen molar-refractivity contribution in [2.45, 2.75) is 13.8 Å². The van der Waals surface area contributed by atoms with Crippen LogP contribution in [0.1, 0.15) is 11.1 Å². The Labute approximate surface area is 95.6 Å². The molecule has 1 rings (SSSR count). The van der Waals surface area contributed by atoms with Gasteiger partial charge < -0.3 is 19.6 Å². The Morgan fingerprint density at radius 1 is 1.25 bits per heavy atom.